The van der Waals surface area contributed by atoms with E-state index in [2.05, 4.69) is 15.2 Å². The van der Waals surface area contributed by atoms with Crippen molar-refractivity contribution < 1.29 is 9.21 Å². The van der Waals surface area contributed by atoms with Crippen molar-refractivity contribution in [2.75, 3.05) is 18.0 Å². The lowest BCUT2D eigenvalue weighted by Crippen LogP contribution is -2.46. The average molecular weight is 260 g/mol. The predicted molar refractivity (Wildman–Crippen MR) is 72.0 cm³/mol. The van der Waals surface area contributed by atoms with Gasteiger partial charge in [-0.05, 0) is 25.0 Å². The Balaban J connectivity index is 1.69. The Kier molecular flexibility index (Phi) is 2.98. The van der Waals surface area contributed by atoms with Crippen LogP contribution >= 0.6 is 0 Å². The molecule has 2 aromatic rings. The van der Waals surface area contributed by atoms with Gasteiger partial charge in [-0.15, -0.1) is 0 Å². The van der Waals surface area contributed by atoms with Gasteiger partial charge in [0.05, 0.1) is 0 Å². The fourth-order valence-corrected chi connectivity index (χ4v) is 2.41. The van der Waals surface area contributed by atoms with Crippen LogP contribution < -0.4 is 16.0 Å². The summed E-state index contributed by atoms with van der Waals surface area (Å²) in [5, 5.41) is 2.74. The molecule has 19 heavy (non-hydrogen) atoms. The van der Waals surface area contributed by atoms with E-state index in [4.69, 9.17) is 10.2 Å². The van der Waals surface area contributed by atoms with Crippen LogP contribution in [-0.2, 0) is 0 Å². The number of carbonyl (C=O) groups is 1. The van der Waals surface area contributed by atoms with Gasteiger partial charge in [0.25, 0.3) is 6.01 Å². The highest BCUT2D eigenvalue weighted by molar-refractivity contribution is 5.74. The van der Waals surface area contributed by atoms with E-state index in [1.54, 1.807) is 0 Å². The number of benzene rings is 1. The van der Waals surface area contributed by atoms with Crippen LogP contribution in [0.2, 0.25) is 0 Å². The molecule has 0 spiro atoms. The summed E-state index contributed by atoms with van der Waals surface area (Å²) < 4.78 is 5.73. The van der Waals surface area contributed by atoms with E-state index in [1.165, 1.54) is 0 Å². The quantitative estimate of drug-likeness (QED) is 0.856. The molecule has 0 atom stereocenters. The number of primary amides is 1. The molecular formula is C13H16N4O2. The highest BCUT2D eigenvalue weighted by Crippen LogP contribution is 2.24. The third kappa shape index (κ3) is 2.47. The van der Waals surface area contributed by atoms with Crippen molar-refractivity contribution in [1.29, 1.82) is 0 Å². The van der Waals surface area contributed by atoms with Crippen LogP contribution in [0.3, 0.4) is 0 Å². The number of amides is 2. The number of para-hydroxylation sites is 2. The molecule has 3 N–H and O–H groups in total. The molecule has 0 radical (unpaired) electrons. The normalized spacial score (nSPS) is 16.7. The summed E-state index contributed by atoms with van der Waals surface area (Å²) in [6.07, 6.45) is 1.70. The lowest BCUT2D eigenvalue weighted by atomic mass is 10.1. The number of hydrogen-bond acceptors (Lipinski definition) is 4. The number of anilines is 1. The Bertz CT molecular complexity index is 554. The molecule has 1 aliphatic rings. The molecule has 2 amide bonds. The van der Waals surface area contributed by atoms with Gasteiger partial charge in [0, 0.05) is 19.1 Å². The minimum Gasteiger partial charge on any atom is -0.423 e. The number of hydrogen-bond donors (Lipinski definition) is 2. The topological polar surface area (TPSA) is 84.4 Å². The molecule has 0 saturated carbocycles. The van der Waals surface area contributed by atoms with Crippen molar-refractivity contribution >= 4 is 23.1 Å². The number of rotatable bonds is 2. The summed E-state index contributed by atoms with van der Waals surface area (Å²) in [7, 11) is 0. The van der Waals surface area contributed by atoms with Crippen LogP contribution in [0.15, 0.2) is 28.7 Å². The highest BCUT2D eigenvalue weighted by atomic mass is 16.4. The second-order valence-corrected chi connectivity index (χ2v) is 4.73. The lowest BCUT2D eigenvalue weighted by molar-refractivity contribution is 0.242. The molecule has 0 bridgehead atoms. The van der Waals surface area contributed by atoms with Crippen LogP contribution in [0.5, 0.6) is 0 Å². The van der Waals surface area contributed by atoms with Crippen molar-refractivity contribution in [3.05, 3.63) is 24.3 Å². The molecule has 2 heterocycles. The zero-order valence-electron chi connectivity index (χ0n) is 10.5. The molecule has 1 saturated heterocycles. The maximum Gasteiger partial charge on any atom is 0.312 e. The monoisotopic (exact) mass is 260 g/mol. The minimum absolute atomic E-state index is 0.151. The number of fused-ring (bicyclic) bond motifs is 1. The molecule has 6 nitrogen and oxygen atoms in total. The fourth-order valence-electron chi connectivity index (χ4n) is 2.41. The zero-order valence-corrected chi connectivity index (χ0v) is 10.5. The smallest absolute Gasteiger partial charge is 0.312 e. The van der Waals surface area contributed by atoms with Crippen LogP contribution in [0.25, 0.3) is 11.1 Å². The first kappa shape index (κ1) is 11.8. The van der Waals surface area contributed by atoms with E-state index >= 15 is 0 Å². The summed E-state index contributed by atoms with van der Waals surface area (Å²) >= 11 is 0. The highest BCUT2D eigenvalue weighted by Gasteiger charge is 2.23. The van der Waals surface area contributed by atoms with Crippen molar-refractivity contribution in [2.24, 2.45) is 5.73 Å². The number of piperidine rings is 1. The number of nitrogens with one attached hydrogen (secondary N) is 1. The summed E-state index contributed by atoms with van der Waals surface area (Å²) in [5.41, 5.74) is 6.80. The molecule has 0 aliphatic carbocycles. The van der Waals surface area contributed by atoms with E-state index in [-0.39, 0.29) is 6.04 Å². The average Bonchev–Trinajstić information content (AvgIpc) is 2.82. The van der Waals surface area contributed by atoms with E-state index in [1.807, 2.05) is 24.3 Å². The zero-order chi connectivity index (χ0) is 13.2. The Morgan fingerprint density at radius 3 is 2.79 bits per heavy atom. The molecular weight excluding hydrogens is 244 g/mol. The number of carbonyl (C=O) groups excluding carboxylic acids is 1. The van der Waals surface area contributed by atoms with Gasteiger partial charge in [0.15, 0.2) is 5.58 Å². The maximum atomic E-state index is 10.8. The van der Waals surface area contributed by atoms with Gasteiger partial charge >= 0.3 is 6.03 Å². The second-order valence-electron chi connectivity index (χ2n) is 4.73. The molecule has 1 fully saturated rings. The van der Waals surface area contributed by atoms with E-state index in [0.717, 1.165) is 37.0 Å². The molecule has 1 aliphatic heterocycles. The first-order valence-electron chi connectivity index (χ1n) is 6.39. The van der Waals surface area contributed by atoms with Crippen LogP contribution in [0.1, 0.15) is 12.8 Å². The summed E-state index contributed by atoms with van der Waals surface area (Å²) in [6.45, 7) is 1.61. The summed E-state index contributed by atoms with van der Waals surface area (Å²) in [6, 6.07) is 8.06. The van der Waals surface area contributed by atoms with Gasteiger partial charge in [-0.3, -0.25) is 0 Å². The van der Waals surface area contributed by atoms with Crippen LogP contribution in [0.4, 0.5) is 10.8 Å². The Morgan fingerprint density at radius 1 is 1.37 bits per heavy atom. The standard InChI is InChI=1S/C13H16N4O2/c14-12(18)15-9-5-7-17(8-6-9)13-16-10-3-1-2-4-11(10)19-13/h1-4,9H,5-8H2,(H3,14,15,18). The molecule has 1 aromatic carbocycles. The molecule has 6 heteroatoms. The number of nitrogens with two attached hydrogens (primary N) is 1. The maximum absolute atomic E-state index is 10.8. The fraction of sp³-hybridized carbons (Fsp3) is 0.385. The summed E-state index contributed by atoms with van der Waals surface area (Å²) in [4.78, 5) is 17.4. The van der Waals surface area contributed by atoms with Crippen molar-refractivity contribution in [2.45, 2.75) is 18.9 Å². The first-order chi connectivity index (χ1) is 9.22. The number of urea groups is 1. The van der Waals surface area contributed by atoms with Gasteiger partial charge in [0.1, 0.15) is 5.52 Å². The molecule has 3 rings (SSSR count). The van der Waals surface area contributed by atoms with Gasteiger partial charge in [-0.25, -0.2) is 4.79 Å². The third-order valence-corrected chi connectivity index (χ3v) is 3.39. The number of aromatic nitrogens is 1. The summed E-state index contributed by atoms with van der Waals surface area (Å²) in [5.74, 6) is 0. The van der Waals surface area contributed by atoms with E-state index in [0.29, 0.717) is 6.01 Å². The largest absolute Gasteiger partial charge is 0.423 e. The van der Waals surface area contributed by atoms with E-state index in [9.17, 15) is 4.79 Å². The lowest BCUT2D eigenvalue weighted by Gasteiger charge is -2.30. The molecule has 0 unspecified atom stereocenters. The van der Waals surface area contributed by atoms with Gasteiger partial charge in [-0.2, -0.15) is 4.98 Å². The van der Waals surface area contributed by atoms with Crippen LogP contribution in [0, 0.1) is 0 Å². The van der Waals surface area contributed by atoms with Gasteiger partial charge in [0.2, 0.25) is 0 Å². The first-order valence-corrected chi connectivity index (χ1v) is 6.39. The SMILES string of the molecule is NC(=O)NC1CCN(c2nc3ccccc3o2)CC1. The Morgan fingerprint density at radius 2 is 2.11 bits per heavy atom. The second kappa shape index (κ2) is 4.79. The Hall–Kier alpha value is -2.24. The van der Waals surface area contributed by atoms with Gasteiger partial charge in [-0.1, -0.05) is 12.1 Å². The van der Waals surface area contributed by atoms with Gasteiger partial charge < -0.3 is 20.4 Å². The number of nitrogens with zero attached hydrogens (tertiary/aromatic N) is 2. The Labute approximate surface area is 110 Å². The van der Waals surface area contributed by atoms with Crippen molar-refractivity contribution in [1.82, 2.24) is 10.3 Å². The number of oxazole rings is 1. The molecule has 100 valence electrons. The predicted octanol–water partition coefficient (Wildman–Crippen LogP) is 1.46. The van der Waals surface area contributed by atoms with Crippen molar-refractivity contribution in [3.8, 4) is 0 Å². The van der Waals surface area contributed by atoms with Crippen molar-refractivity contribution in [3.63, 3.8) is 0 Å². The third-order valence-electron chi connectivity index (χ3n) is 3.39. The minimum atomic E-state index is -0.458. The van der Waals surface area contributed by atoms with Crippen LogP contribution in [-0.4, -0.2) is 30.1 Å². The molecule has 1 aromatic heterocycles. The van der Waals surface area contributed by atoms with E-state index < -0.39 is 6.03 Å².